The van der Waals surface area contributed by atoms with Crippen LogP contribution in [0.2, 0.25) is 0 Å². The molecule has 7 rings (SSSR count). The first-order chi connectivity index (χ1) is 24.0. The van der Waals surface area contributed by atoms with Gasteiger partial charge in [0.1, 0.15) is 17.5 Å². The zero-order valence-corrected chi connectivity index (χ0v) is 30.0. The van der Waals surface area contributed by atoms with Crippen LogP contribution in [0.4, 0.5) is 28.0 Å². The summed E-state index contributed by atoms with van der Waals surface area (Å²) >= 11 is 0. The summed E-state index contributed by atoms with van der Waals surface area (Å²) in [6, 6.07) is 4.55. The predicted molar refractivity (Wildman–Crippen MR) is 184 cm³/mol. The van der Waals surface area contributed by atoms with E-state index in [-0.39, 0.29) is 40.6 Å². The fourth-order valence-electron chi connectivity index (χ4n) is 7.93. The van der Waals surface area contributed by atoms with Crippen LogP contribution < -0.4 is 4.90 Å². The van der Waals surface area contributed by atoms with Crippen LogP contribution in [0, 0.1) is 11.7 Å². The number of aromatic nitrogens is 2. The highest BCUT2D eigenvalue weighted by Gasteiger charge is 2.50. The third-order valence-electron chi connectivity index (χ3n) is 10.3. The van der Waals surface area contributed by atoms with Crippen molar-refractivity contribution in [1.82, 2.24) is 24.1 Å². The van der Waals surface area contributed by atoms with Crippen LogP contribution in [0.1, 0.15) is 83.4 Å². The van der Waals surface area contributed by atoms with E-state index in [1.54, 1.807) is 48.5 Å². The molecule has 3 aromatic rings. The second-order valence-electron chi connectivity index (χ2n) is 15.0. The van der Waals surface area contributed by atoms with Gasteiger partial charge in [-0.1, -0.05) is 6.07 Å². The molecule has 51 heavy (non-hydrogen) atoms. The minimum absolute atomic E-state index is 0.0334. The van der Waals surface area contributed by atoms with Gasteiger partial charge in [-0.25, -0.2) is 14.2 Å². The lowest BCUT2D eigenvalue weighted by Gasteiger charge is -2.51. The van der Waals surface area contributed by atoms with E-state index in [0.29, 0.717) is 44.0 Å². The Morgan fingerprint density at radius 2 is 1.65 bits per heavy atom. The van der Waals surface area contributed by atoms with Gasteiger partial charge < -0.3 is 19.4 Å². The number of nitrogens with zero attached hydrogens (tertiary/aromatic N) is 6. The summed E-state index contributed by atoms with van der Waals surface area (Å²) in [6.45, 7) is 12.4. The van der Waals surface area contributed by atoms with Crippen molar-refractivity contribution < 1.29 is 36.7 Å². The van der Waals surface area contributed by atoms with Crippen LogP contribution in [-0.4, -0.2) is 98.4 Å². The monoisotopic (exact) mass is 714 g/mol. The van der Waals surface area contributed by atoms with E-state index in [4.69, 9.17) is 4.74 Å². The summed E-state index contributed by atoms with van der Waals surface area (Å²) < 4.78 is 64.0. The third kappa shape index (κ3) is 7.10. The predicted octanol–water partition coefficient (Wildman–Crippen LogP) is 6.86. The molecular formula is C37H46F4N6O4. The number of anilines is 1. The molecule has 1 aromatic carbocycles. The van der Waals surface area contributed by atoms with Gasteiger partial charge in [-0.05, 0) is 96.9 Å². The number of hydrogen-bond acceptors (Lipinski definition) is 6. The van der Waals surface area contributed by atoms with Gasteiger partial charge in [0.25, 0.3) is 5.91 Å². The number of imidazole rings is 1. The fourth-order valence-corrected chi connectivity index (χ4v) is 7.93. The molecule has 14 heteroatoms. The second kappa shape index (κ2) is 13.6. The number of hydrogen-bond donors (Lipinski definition) is 0. The smallest absolute Gasteiger partial charge is 0.444 e. The zero-order chi connectivity index (χ0) is 37.0. The summed E-state index contributed by atoms with van der Waals surface area (Å²) in [5.41, 5.74) is 0.445. The van der Waals surface area contributed by atoms with Gasteiger partial charge in [0.2, 0.25) is 11.7 Å². The van der Waals surface area contributed by atoms with Gasteiger partial charge in [0.15, 0.2) is 0 Å². The lowest BCUT2D eigenvalue weighted by molar-refractivity contribution is -0.146. The number of ether oxygens (including phenoxy) is 1. The minimum Gasteiger partial charge on any atom is -0.444 e. The van der Waals surface area contributed by atoms with Crippen LogP contribution in [0.5, 0.6) is 0 Å². The van der Waals surface area contributed by atoms with E-state index in [9.17, 15) is 31.9 Å². The Morgan fingerprint density at radius 3 is 2.24 bits per heavy atom. The Bertz CT molecular complexity index is 1800. The Balaban J connectivity index is 1.32. The molecule has 5 heterocycles. The molecule has 3 aliphatic heterocycles. The van der Waals surface area contributed by atoms with Gasteiger partial charge in [-0.15, -0.1) is 0 Å². The Morgan fingerprint density at radius 1 is 0.980 bits per heavy atom. The maximum Gasteiger partial charge on any atom is 0.450 e. The van der Waals surface area contributed by atoms with Crippen LogP contribution >= 0.6 is 0 Å². The van der Waals surface area contributed by atoms with Crippen molar-refractivity contribution in [2.45, 2.75) is 97.1 Å². The summed E-state index contributed by atoms with van der Waals surface area (Å²) in [5, 5.41) is 0. The molecular weight excluding hydrogens is 668 g/mol. The molecule has 0 radical (unpaired) electrons. The van der Waals surface area contributed by atoms with Crippen molar-refractivity contribution in [3.63, 3.8) is 0 Å². The molecule has 1 saturated carbocycles. The van der Waals surface area contributed by atoms with Crippen molar-refractivity contribution in [3.05, 3.63) is 53.9 Å². The summed E-state index contributed by atoms with van der Waals surface area (Å²) in [6.07, 6.45) is 0.604. The van der Waals surface area contributed by atoms with Crippen molar-refractivity contribution in [2.75, 3.05) is 37.6 Å². The van der Waals surface area contributed by atoms with E-state index < -0.39 is 41.5 Å². The lowest BCUT2D eigenvalue weighted by Crippen LogP contribution is -2.65. The molecule has 2 bridgehead atoms. The minimum atomic E-state index is -4.77. The van der Waals surface area contributed by atoms with Crippen molar-refractivity contribution >= 4 is 29.1 Å². The van der Waals surface area contributed by atoms with Gasteiger partial charge >= 0.3 is 12.3 Å². The van der Waals surface area contributed by atoms with Gasteiger partial charge in [0.05, 0.1) is 23.0 Å². The number of pyridine rings is 1. The lowest BCUT2D eigenvalue weighted by atomic mass is 9.74. The average Bonchev–Trinajstić information content (AvgIpc) is 3.52. The number of carbonyl (C=O) groups is 3. The average molecular weight is 715 g/mol. The van der Waals surface area contributed by atoms with Crippen LogP contribution in [0.15, 0.2) is 36.7 Å². The molecule has 4 aliphatic rings. The summed E-state index contributed by atoms with van der Waals surface area (Å²) in [5.74, 6) is -2.32. The Hall–Kier alpha value is -4.36. The van der Waals surface area contributed by atoms with Gasteiger partial charge in [-0.2, -0.15) is 13.2 Å². The first-order valence-corrected chi connectivity index (χ1v) is 17.7. The number of piperazine rings is 1. The molecule has 3 saturated heterocycles. The number of rotatable bonds is 6. The maximum absolute atomic E-state index is 14.7. The Labute approximate surface area is 295 Å². The molecule has 3 amide bonds. The first-order valence-electron chi connectivity index (χ1n) is 17.7. The first kappa shape index (κ1) is 36.4. The number of piperidine rings is 2. The molecule has 4 fully saturated rings. The van der Waals surface area contributed by atoms with E-state index in [1.807, 2.05) is 18.7 Å². The van der Waals surface area contributed by atoms with Crippen molar-refractivity contribution in [2.24, 2.45) is 5.92 Å². The summed E-state index contributed by atoms with van der Waals surface area (Å²) in [7, 11) is 0. The van der Waals surface area contributed by atoms with E-state index >= 15 is 0 Å². The highest BCUT2D eigenvalue weighted by molar-refractivity contribution is 6.03. The SMILES string of the molecule is CCN(C(=O)c1cc(F)ccc1-c1cc(N2CCN(C(=O)[C@H]3C4CCC(CC4)N3C(=O)OC(C)(C)C)CC2)cn2c(C(F)(F)F)ncc12)C(C)C. The van der Waals surface area contributed by atoms with E-state index in [2.05, 4.69) is 4.98 Å². The number of amides is 3. The standard InChI is InChI=1S/C37H46F4N6O4/c1-7-45(22(2)3)32(48)29-18-24(38)10-13-27(29)28-19-26(21-46-30(28)20-42-34(46)37(39,40)41)43-14-16-44(17-15-43)33(49)31-23-8-11-25(12-9-23)47(31)35(50)51-36(4,5)6/h10,13,18-23,25,31H,7-9,11-12,14-17H2,1-6H3/t23?,25?,31-/m1/s1. The second-order valence-corrected chi connectivity index (χ2v) is 15.0. The normalized spacial score (nSPS) is 21.1. The number of halogens is 4. The highest BCUT2D eigenvalue weighted by atomic mass is 19.4. The Kier molecular flexibility index (Phi) is 9.75. The van der Waals surface area contributed by atoms with Crippen molar-refractivity contribution in [1.29, 1.82) is 0 Å². The molecule has 1 aliphatic carbocycles. The van der Waals surface area contributed by atoms with Crippen LogP contribution in [0.3, 0.4) is 0 Å². The largest absolute Gasteiger partial charge is 0.450 e. The van der Waals surface area contributed by atoms with E-state index in [0.717, 1.165) is 42.3 Å². The molecule has 0 unspecified atom stereocenters. The molecule has 0 N–H and O–H groups in total. The third-order valence-corrected chi connectivity index (χ3v) is 10.3. The molecule has 1 atom stereocenters. The van der Waals surface area contributed by atoms with Crippen molar-refractivity contribution in [3.8, 4) is 11.1 Å². The number of benzene rings is 1. The van der Waals surface area contributed by atoms with Gasteiger partial charge in [-0.3, -0.25) is 18.9 Å². The molecule has 2 aromatic heterocycles. The fraction of sp³-hybridized carbons (Fsp3) is 0.568. The maximum atomic E-state index is 14.7. The molecule has 10 nitrogen and oxygen atoms in total. The van der Waals surface area contributed by atoms with Crippen LogP contribution in [-0.2, 0) is 15.7 Å². The molecule has 0 spiro atoms. The molecule has 276 valence electrons. The zero-order valence-electron chi connectivity index (χ0n) is 30.0. The number of alkyl halides is 3. The quantitative estimate of drug-likeness (QED) is 0.260. The number of carbonyl (C=O) groups excluding carboxylic acids is 3. The summed E-state index contributed by atoms with van der Waals surface area (Å²) in [4.78, 5) is 51.7. The number of fused-ring (bicyclic) bond motifs is 4. The van der Waals surface area contributed by atoms with E-state index in [1.165, 1.54) is 18.3 Å². The highest BCUT2D eigenvalue weighted by Crippen LogP contribution is 2.42. The van der Waals surface area contributed by atoms with Crippen LogP contribution in [0.25, 0.3) is 16.6 Å². The van der Waals surface area contributed by atoms with Gasteiger partial charge in [0, 0.05) is 56.6 Å². The topological polar surface area (TPSA) is 90.7 Å².